The first-order valence-electron chi connectivity index (χ1n) is 7.22. The summed E-state index contributed by atoms with van der Waals surface area (Å²) >= 11 is 0. The number of anilines is 2. The van der Waals surface area contributed by atoms with E-state index in [-0.39, 0.29) is 0 Å². The molecule has 0 fully saturated rings. The normalized spacial score (nSPS) is 10.7. The molecule has 0 unspecified atom stereocenters. The van der Waals surface area contributed by atoms with Crippen LogP contribution in [0.15, 0.2) is 48.5 Å². The van der Waals surface area contributed by atoms with Gasteiger partial charge in [-0.3, -0.25) is 0 Å². The molecule has 3 aromatic rings. The van der Waals surface area contributed by atoms with Crippen LogP contribution in [0.25, 0.3) is 10.9 Å². The van der Waals surface area contributed by atoms with Crippen molar-refractivity contribution in [1.29, 1.82) is 0 Å². The Morgan fingerprint density at radius 1 is 1.00 bits per heavy atom. The molecule has 1 aromatic heterocycles. The van der Waals surface area contributed by atoms with Gasteiger partial charge >= 0.3 is 0 Å². The summed E-state index contributed by atoms with van der Waals surface area (Å²) in [6.07, 6.45) is 0. The summed E-state index contributed by atoms with van der Waals surface area (Å²) in [4.78, 5) is 11.2. The molecule has 0 atom stereocenters. The standard InChI is InChI=1S/C17H19N5/c1-22(2)16-14-5-3-4-6-15(14)20-17(21-16)19-11-12-7-9-13(18)10-8-12/h3-10H,11,18H2,1-2H3,(H,19,20,21)/p+1. The first-order valence-corrected chi connectivity index (χ1v) is 7.22. The lowest BCUT2D eigenvalue weighted by atomic mass is 10.2. The molecule has 4 N–H and O–H groups in total. The Hall–Kier alpha value is -2.66. The van der Waals surface area contributed by atoms with Crippen LogP contribution in [-0.2, 0) is 6.54 Å². The van der Waals surface area contributed by atoms with Gasteiger partial charge in [0.25, 0.3) is 0 Å². The first kappa shape index (κ1) is 14.3. The molecule has 112 valence electrons. The third-order valence-electron chi connectivity index (χ3n) is 3.48. The summed E-state index contributed by atoms with van der Waals surface area (Å²) in [5.74, 6) is 1.56. The topological polar surface area (TPSA) is 68.7 Å². The van der Waals surface area contributed by atoms with Gasteiger partial charge in [0.05, 0.1) is 5.52 Å². The fourth-order valence-corrected chi connectivity index (χ4v) is 2.32. The van der Waals surface area contributed by atoms with Crippen LogP contribution in [0, 0.1) is 0 Å². The van der Waals surface area contributed by atoms with Gasteiger partial charge in [0.1, 0.15) is 11.5 Å². The van der Waals surface area contributed by atoms with Gasteiger partial charge in [-0.25, -0.2) is 4.98 Å². The van der Waals surface area contributed by atoms with Crippen molar-refractivity contribution >= 4 is 28.4 Å². The summed E-state index contributed by atoms with van der Waals surface area (Å²) in [5, 5.41) is 4.35. The van der Waals surface area contributed by atoms with Crippen LogP contribution in [0.3, 0.4) is 0 Å². The summed E-state index contributed by atoms with van der Waals surface area (Å²) in [7, 11) is 3.98. The zero-order valence-electron chi connectivity index (χ0n) is 12.9. The molecular formula is C17H20N5+. The Bertz CT molecular complexity index is 781. The minimum absolute atomic E-state index is 0.640. The van der Waals surface area contributed by atoms with Crippen LogP contribution in [0.1, 0.15) is 5.56 Å². The Morgan fingerprint density at radius 2 is 1.73 bits per heavy atom. The van der Waals surface area contributed by atoms with Crippen LogP contribution < -0.4 is 16.0 Å². The van der Waals surface area contributed by atoms with E-state index in [1.54, 1.807) is 0 Å². The maximum atomic E-state index is 4.62. The molecule has 0 amide bonds. The molecule has 0 saturated carbocycles. The van der Waals surface area contributed by atoms with Crippen LogP contribution >= 0.6 is 0 Å². The number of hydrogen-bond donors (Lipinski definition) is 2. The summed E-state index contributed by atoms with van der Waals surface area (Å²) in [6.45, 7) is 0.686. The van der Waals surface area contributed by atoms with Crippen LogP contribution in [0.5, 0.6) is 0 Å². The lowest BCUT2D eigenvalue weighted by molar-refractivity contribution is -0.254. The molecule has 0 aliphatic carbocycles. The van der Waals surface area contributed by atoms with E-state index in [1.807, 2.05) is 55.4 Å². The summed E-state index contributed by atoms with van der Waals surface area (Å²) in [5.41, 5.74) is 7.03. The highest BCUT2D eigenvalue weighted by Gasteiger charge is 2.08. The molecule has 0 saturated heterocycles. The number of fused-ring (bicyclic) bond motifs is 1. The molecule has 0 spiro atoms. The van der Waals surface area contributed by atoms with Crippen LogP contribution in [-0.4, -0.2) is 24.1 Å². The van der Waals surface area contributed by atoms with Gasteiger partial charge in [0.15, 0.2) is 0 Å². The Balaban J connectivity index is 1.89. The van der Waals surface area contributed by atoms with Crippen LogP contribution in [0.2, 0.25) is 0 Å². The quantitative estimate of drug-likeness (QED) is 0.774. The Kier molecular flexibility index (Phi) is 3.89. The minimum atomic E-state index is 0.640. The van der Waals surface area contributed by atoms with E-state index < -0.39 is 0 Å². The molecule has 22 heavy (non-hydrogen) atoms. The Labute approximate surface area is 129 Å². The van der Waals surface area contributed by atoms with E-state index in [1.165, 1.54) is 5.56 Å². The first-order chi connectivity index (χ1) is 10.6. The highest BCUT2D eigenvalue weighted by molar-refractivity contribution is 5.90. The molecular weight excluding hydrogens is 274 g/mol. The van der Waals surface area contributed by atoms with Gasteiger partial charge in [0.2, 0.25) is 5.95 Å². The number of rotatable bonds is 4. The van der Waals surface area contributed by atoms with Gasteiger partial charge in [-0.1, -0.05) is 24.3 Å². The number of nitrogens with one attached hydrogen (secondary N) is 1. The van der Waals surface area contributed by atoms with E-state index in [2.05, 4.69) is 33.2 Å². The molecule has 0 aliphatic rings. The average molecular weight is 294 g/mol. The SMILES string of the molecule is CN(C)c1nc(NCc2ccc([NH3+])cc2)nc2ccccc12. The van der Waals surface area contributed by atoms with Gasteiger partial charge in [0, 0.05) is 26.0 Å². The zero-order valence-corrected chi connectivity index (χ0v) is 12.9. The van der Waals surface area contributed by atoms with E-state index in [0.717, 1.165) is 22.4 Å². The van der Waals surface area contributed by atoms with Crippen molar-refractivity contribution < 1.29 is 5.73 Å². The molecule has 3 rings (SSSR count). The summed E-state index contributed by atoms with van der Waals surface area (Å²) < 4.78 is 0. The van der Waals surface area contributed by atoms with Gasteiger partial charge < -0.3 is 16.0 Å². The number of benzene rings is 2. The van der Waals surface area contributed by atoms with Crippen molar-refractivity contribution in [3.05, 3.63) is 54.1 Å². The maximum Gasteiger partial charge on any atom is 0.225 e. The van der Waals surface area contributed by atoms with Crippen molar-refractivity contribution in [3.8, 4) is 0 Å². The van der Waals surface area contributed by atoms with Gasteiger partial charge in [-0.2, -0.15) is 4.98 Å². The Morgan fingerprint density at radius 3 is 2.45 bits per heavy atom. The predicted octanol–water partition coefficient (Wildman–Crippen LogP) is 2.18. The number of aromatic nitrogens is 2. The molecule has 5 nitrogen and oxygen atoms in total. The minimum Gasteiger partial charge on any atom is -0.362 e. The third-order valence-corrected chi connectivity index (χ3v) is 3.48. The van der Waals surface area contributed by atoms with E-state index >= 15 is 0 Å². The van der Waals surface area contributed by atoms with Gasteiger partial charge in [-0.05, 0) is 29.8 Å². The molecule has 0 bridgehead atoms. The molecule has 1 heterocycles. The second kappa shape index (κ2) is 5.99. The van der Waals surface area contributed by atoms with Crippen molar-refractivity contribution in [3.63, 3.8) is 0 Å². The van der Waals surface area contributed by atoms with Crippen molar-refractivity contribution in [2.45, 2.75) is 6.54 Å². The lowest BCUT2D eigenvalue weighted by Gasteiger charge is -2.15. The molecule has 2 aromatic carbocycles. The van der Waals surface area contributed by atoms with E-state index in [9.17, 15) is 0 Å². The highest BCUT2D eigenvalue weighted by atomic mass is 15.2. The van der Waals surface area contributed by atoms with Crippen molar-refractivity contribution in [1.82, 2.24) is 9.97 Å². The average Bonchev–Trinajstić information content (AvgIpc) is 2.53. The second-order valence-corrected chi connectivity index (χ2v) is 5.45. The lowest BCUT2D eigenvalue weighted by Crippen LogP contribution is -2.39. The highest BCUT2D eigenvalue weighted by Crippen LogP contribution is 2.23. The number of quaternary nitrogens is 1. The fraction of sp³-hybridized carbons (Fsp3) is 0.176. The molecule has 5 heteroatoms. The third kappa shape index (κ3) is 2.99. The van der Waals surface area contributed by atoms with Crippen LogP contribution in [0.4, 0.5) is 17.5 Å². The second-order valence-electron chi connectivity index (χ2n) is 5.45. The van der Waals surface area contributed by atoms with Gasteiger partial charge in [-0.15, -0.1) is 0 Å². The van der Waals surface area contributed by atoms with E-state index in [4.69, 9.17) is 0 Å². The number of nitrogens with zero attached hydrogens (tertiary/aromatic N) is 3. The zero-order chi connectivity index (χ0) is 15.5. The maximum absolute atomic E-state index is 4.62. The monoisotopic (exact) mass is 294 g/mol. The smallest absolute Gasteiger partial charge is 0.225 e. The number of para-hydroxylation sites is 1. The molecule has 0 aliphatic heterocycles. The number of hydrogen-bond acceptors (Lipinski definition) is 4. The van der Waals surface area contributed by atoms with Crippen molar-refractivity contribution in [2.24, 2.45) is 0 Å². The van der Waals surface area contributed by atoms with Crippen molar-refractivity contribution in [2.75, 3.05) is 24.3 Å². The predicted molar refractivity (Wildman–Crippen MR) is 90.2 cm³/mol. The fourth-order valence-electron chi connectivity index (χ4n) is 2.32. The summed E-state index contributed by atoms with van der Waals surface area (Å²) in [6, 6.07) is 16.2. The molecule has 0 radical (unpaired) electrons. The van der Waals surface area contributed by atoms with E-state index in [0.29, 0.717) is 12.5 Å². The largest absolute Gasteiger partial charge is 0.362 e.